The van der Waals surface area contributed by atoms with Crippen LogP contribution in [0, 0.1) is 0 Å². The minimum Gasteiger partial charge on any atom is -0.406 e. The first kappa shape index (κ1) is 20.0. The van der Waals surface area contributed by atoms with Crippen molar-refractivity contribution in [2.45, 2.75) is 19.2 Å². The van der Waals surface area contributed by atoms with Crippen LogP contribution in [0.3, 0.4) is 0 Å². The lowest BCUT2D eigenvalue weighted by atomic mass is 10.3. The van der Waals surface area contributed by atoms with E-state index in [0.717, 1.165) is 12.8 Å². The molecule has 0 unspecified atom stereocenters. The second-order valence-corrected chi connectivity index (χ2v) is 4.78. The third-order valence-electron chi connectivity index (χ3n) is 2.77. The van der Waals surface area contributed by atoms with Crippen LogP contribution < -0.4 is 15.8 Å². The first-order valence-electron chi connectivity index (χ1n) is 7.40. The van der Waals surface area contributed by atoms with Gasteiger partial charge in [-0.15, -0.1) is 13.2 Å². The fourth-order valence-electron chi connectivity index (χ4n) is 1.69. The fraction of sp³-hybridized carbons (Fsp3) is 0.533. The summed E-state index contributed by atoms with van der Waals surface area (Å²) in [5.74, 6) is -0.100. The van der Waals surface area contributed by atoms with Gasteiger partial charge in [0.15, 0.2) is 5.96 Å². The number of nitrogens with two attached hydrogens (primary N) is 1. The summed E-state index contributed by atoms with van der Waals surface area (Å²) in [6.07, 6.45) is -3.04. The molecule has 0 amide bonds. The standard InChI is InChI=1S/C15H22F3N3O3/c1-22-10-11-23-9-3-2-8-20-14(19)21-12-4-6-13(7-5-12)24-15(16,17)18/h4-7H,2-3,8-11H2,1H3,(H3,19,20,21). The zero-order chi connectivity index (χ0) is 17.8. The molecule has 9 heteroatoms. The van der Waals surface area contributed by atoms with Gasteiger partial charge in [0.25, 0.3) is 0 Å². The molecule has 0 aliphatic carbocycles. The molecule has 1 aromatic rings. The first-order valence-corrected chi connectivity index (χ1v) is 7.40. The largest absolute Gasteiger partial charge is 0.573 e. The molecule has 0 aromatic heterocycles. The van der Waals surface area contributed by atoms with Gasteiger partial charge < -0.3 is 25.3 Å². The van der Waals surface area contributed by atoms with Crippen LogP contribution in [0.15, 0.2) is 29.3 Å². The Kier molecular flexibility index (Phi) is 8.95. The number of rotatable bonds is 10. The number of methoxy groups -OCH3 is 1. The molecular formula is C15H22F3N3O3. The predicted octanol–water partition coefficient (Wildman–Crippen LogP) is 2.75. The Morgan fingerprint density at radius 2 is 1.83 bits per heavy atom. The number of halogens is 3. The maximum absolute atomic E-state index is 12.0. The molecule has 136 valence electrons. The van der Waals surface area contributed by atoms with Crippen molar-refractivity contribution in [3.05, 3.63) is 24.3 Å². The van der Waals surface area contributed by atoms with Gasteiger partial charge in [0.1, 0.15) is 5.75 Å². The van der Waals surface area contributed by atoms with Gasteiger partial charge in [-0.05, 0) is 37.1 Å². The molecule has 0 fully saturated rings. The van der Waals surface area contributed by atoms with Gasteiger partial charge in [0, 0.05) is 25.9 Å². The van der Waals surface area contributed by atoms with E-state index in [9.17, 15) is 13.2 Å². The van der Waals surface area contributed by atoms with E-state index < -0.39 is 6.36 Å². The number of alkyl halides is 3. The van der Waals surface area contributed by atoms with Crippen molar-refractivity contribution in [1.29, 1.82) is 0 Å². The number of hydrogen-bond acceptors (Lipinski definition) is 4. The van der Waals surface area contributed by atoms with Crippen LogP contribution >= 0.6 is 0 Å². The third-order valence-corrected chi connectivity index (χ3v) is 2.77. The zero-order valence-corrected chi connectivity index (χ0v) is 13.4. The molecule has 1 rings (SSSR count). The second kappa shape index (κ2) is 10.7. The molecule has 1 aromatic carbocycles. The molecule has 0 radical (unpaired) electrons. The van der Waals surface area contributed by atoms with Gasteiger partial charge in [0.2, 0.25) is 0 Å². The van der Waals surface area contributed by atoms with E-state index in [4.69, 9.17) is 15.2 Å². The van der Waals surface area contributed by atoms with Crippen molar-refractivity contribution >= 4 is 11.6 Å². The first-order chi connectivity index (χ1) is 11.4. The highest BCUT2D eigenvalue weighted by Gasteiger charge is 2.30. The normalized spacial score (nSPS) is 12.2. The number of benzene rings is 1. The Morgan fingerprint density at radius 3 is 2.46 bits per heavy atom. The van der Waals surface area contributed by atoms with Crippen molar-refractivity contribution in [2.75, 3.05) is 38.8 Å². The lowest BCUT2D eigenvalue weighted by Gasteiger charge is -2.10. The van der Waals surface area contributed by atoms with E-state index in [1.807, 2.05) is 0 Å². The minimum absolute atomic E-state index is 0.194. The van der Waals surface area contributed by atoms with Crippen LogP contribution in [-0.4, -0.2) is 45.8 Å². The summed E-state index contributed by atoms with van der Waals surface area (Å²) in [7, 11) is 1.62. The summed E-state index contributed by atoms with van der Waals surface area (Å²) >= 11 is 0. The van der Waals surface area contributed by atoms with Crippen molar-refractivity contribution in [1.82, 2.24) is 0 Å². The van der Waals surface area contributed by atoms with E-state index in [-0.39, 0.29) is 11.7 Å². The molecule has 0 saturated carbocycles. The van der Waals surface area contributed by atoms with Crippen molar-refractivity contribution in [3.8, 4) is 5.75 Å². The van der Waals surface area contributed by atoms with Gasteiger partial charge in [-0.3, -0.25) is 4.99 Å². The predicted molar refractivity (Wildman–Crippen MR) is 85.2 cm³/mol. The maximum Gasteiger partial charge on any atom is 0.573 e. The molecule has 6 nitrogen and oxygen atoms in total. The average molecular weight is 349 g/mol. The highest BCUT2D eigenvalue weighted by molar-refractivity contribution is 5.92. The topological polar surface area (TPSA) is 78.1 Å². The summed E-state index contributed by atoms with van der Waals surface area (Å²) in [6.45, 7) is 2.30. The van der Waals surface area contributed by atoms with E-state index in [2.05, 4.69) is 15.0 Å². The quantitative estimate of drug-likeness (QED) is 0.386. The number of ether oxygens (including phenoxy) is 3. The maximum atomic E-state index is 12.0. The van der Waals surface area contributed by atoms with Crippen LogP contribution in [0.2, 0.25) is 0 Å². The van der Waals surface area contributed by atoms with Gasteiger partial charge in [0.05, 0.1) is 13.2 Å². The Balaban J connectivity index is 2.25. The van der Waals surface area contributed by atoms with E-state index in [0.29, 0.717) is 32.1 Å². The summed E-state index contributed by atoms with van der Waals surface area (Å²) in [4.78, 5) is 4.13. The van der Waals surface area contributed by atoms with Crippen molar-refractivity contribution in [2.24, 2.45) is 10.7 Å². The Morgan fingerprint density at radius 1 is 1.12 bits per heavy atom. The van der Waals surface area contributed by atoms with Crippen LogP contribution in [0.4, 0.5) is 18.9 Å². The molecule has 0 bridgehead atoms. The minimum atomic E-state index is -4.71. The summed E-state index contributed by atoms with van der Waals surface area (Å²) < 4.78 is 50.1. The van der Waals surface area contributed by atoms with Crippen molar-refractivity contribution in [3.63, 3.8) is 0 Å². The molecule has 3 N–H and O–H groups in total. The Hall–Kier alpha value is -2.00. The molecule has 0 heterocycles. The smallest absolute Gasteiger partial charge is 0.406 e. The number of anilines is 1. The fourth-order valence-corrected chi connectivity index (χ4v) is 1.69. The van der Waals surface area contributed by atoms with E-state index in [1.54, 1.807) is 7.11 Å². The van der Waals surface area contributed by atoms with Crippen molar-refractivity contribution < 1.29 is 27.4 Å². The molecule has 24 heavy (non-hydrogen) atoms. The number of nitrogens with zero attached hydrogens (tertiary/aromatic N) is 1. The lowest BCUT2D eigenvalue weighted by molar-refractivity contribution is -0.274. The number of guanidine groups is 1. The van der Waals surface area contributed by atoms with E-state index >= 15 is 0 Å². The average Bonchev–Trinajstić information content (AvgIpc) is 2.50. The number of hydrogen-bond donors (Lipinski definition) is 2. The molecular weight excluding hydrogens is 327 g/mol. The van der Waals surface area contributed by atoms with Crippen LogP contribution in [-0.2, 0) is 9.47 Å². The van der Waals surface area contributed by atoms with Crippen LogP contribution in [0.25, 0.3) is 0 Å². The van der Waals surface area contributed by atoms with Gasteiger partial charge in [-0.25, -0.2) is 0 Å². The molecule has 0 aliphatic heterocycles. The summed E-state index contributed by atoms with van der Waals surface area (Å²) in [6, 6.07) is 5.24. The monoisotopic (exact) mass is 349 g/mol. The molecule has 0 spiro atoms. The van der Waals surface area contributed by atoms with E-state index in [1.165, 1.54) is 24.3 Å². The molecule has 0 saturated heterocycles. The number of aliphatic imine (C=N–C) groups is 1. The lowest BCUT2D eigenvalue weighted by Crippen LogP contribution is -2.23. The summed E-state index contributed by atoms with van der Waals surface area (Å²) in [5.41, 5.74) is 6.23. The van der Waals surface area contributed by atoms with Gasteiger partial charge in [-0.1, -0.05) is 0 Å². The highest BCUT2D eigenvalue weighted by atomic mass is 19.4. The van der Waals surface area contributed by atoms with Crippen LogP contribution in [0.5, 0.6) is 5.75 Å². The third kappa shape index (κ3) is 9.90. The highest BCUT2D eigenvalue weighted by Crippen LogP contribution is 2.23. The Bertz CT molecular complexity index is 493. The molecule has 0 atom stereocenters. The van der Waals surface area contributed by atoms with Gasteiger partial charge in [-0.2, -0.15) is 0 Å². The molecule has 0 aliphatic rings. The number of nitrogens with one attached hydrogen (secondary N) is 1. The zero-order valence-electron chi connectivity index (χ0n) is 13.4. The SMILES string of the molecule is COCCOCCCCN=C(N)Nc1ccc(OC(F)(F)F)cc1. The number of unbranched alkanes of at least 4 members (excludes halogenated alkanes) is 1. The summed E-state index contributed by atoms with van der Waals surface area (Å²) in [5, 5.41) is 2.79. The Labute approximate surface area is 138 Å². The van der Waals surface area contributed by atoms with Gasteiger partial charge >= 0.3 is 6.36 Å². The second-order valence-electron chi connectivity index (χ2n) is 4.78. The van der Waals surface area contributed by atoms with Crippen LogP contribution in [0.1, 0.15) is 12.8 Å².